The second kappa shape index (κ2) is 5.21. The fourth-order valence-electron chi connectivity index (χ4n) is 2.52. The molecule has 19 heavy (non-hydrogen) atoms. The first kappa shape index (κ1) is 12.5. The first-order chi connectivity index (χ1) is 9.29. The van der Waals surface area contributed by atoms with E-state index in [0.717, 1.165) is 37.4 Å². The Bertz CT molecular complexity index is 572. The van der Waals surface area contributed by atoms with E-state index in [1.807, 2.05) is 19.1 Å². The first-order valence-electron chi connectivity index (χ1n) is 7.13. The van der Waals surface area contributed by atoms with Crippen molar-refractivity contribution in [2.75, 3.05) is 18.9 Å². The molecule has 1 heterocycles. The van der Waals surface area contributed by atoms with E-state index in [2.05, 4.69) is 10.6 Å². The maximum absolute atomic E-state index is 5.85. The minimum atomic E-state index is 0.653. The van der Waals surface area contributed by atoms with Crippen LogP contribution in [0.2, 0.25) is 0 Å². The normalized spacial score (nSPS) is 15.2. The summed E-state index contributed by atoms with van der Waals surface area (Å²) in [6.07, 6.45) is 3.57. The van der Waals surface area contributed by atoms with E-state index in [9.17, 15) is 0 Å². The summed E-state index contributed by atoms with van der Waals surface area (Å²) in [4.78, 5) is 4.78. The lowest BCUT2D eigenvalue weighted by Gasteiger charge is -2.08. The van der Waals surface area contributed by atoms with Crippen molar-refractivity contribution in [2.24, 2.45) is 0 Å². The van der Waals surface area contributed by atoms with Gasteiger partial charge in [0.25, 0.3) is 0 Å². The molecule has 0 atom stereocenters. The number of rotatable bonds is 6. The van der Waals surface area contributed by atoms with Crippen LogP contribution in [0.15, 0.2) is 18.2 Å². The Hall–Kier alpha value is -1.55. The van der Waals surface area contributed by atoms with Crippen LogP contribution in [0.3, 0.4) is 0 Å². The number of hydrogen-bond acceptors (Lipinski definition) is 3. The fourth-order valence-corrected chi connectivity index (χ4v) is 2.52. The molecule has 0 amide bonds. The molecule has 0 radical (unpaired) electrons. The van der Waals surface area contributed by atoms with Crippen molar-refractivity contribution in [3.8, 4) is 0 Å². The minimum Gasteiger partial charge on any atom is -0.399 e. The summed E-state index contributed by atoms with van der Waals surface area (Å²) in [5.41, 5.74) is 8.86. The number of nitrogens with zero attached hydrogens (tertiary/aromatic N) is 2. The molecule has 1 aliphatic carbocycles. The minimum absolute atomic E-state index is 0.653. The van der Waals surface area contributed by atoms with Crippen molar-refractivity contribution < 1.29 is 4.74 Å². The molecule has 1 saturated carbocycles. The molecule has 0 saturated heterocycles. The second-order valence-electron chi connectivity index (χ2n) is 5.19. The van der Waals surface area contributed by atoms with E-state index < -0.39 is 0 Å². The summed E-state index contributed by atoms with van der Waals surface area (Å²) in [6, 6.07) is 6.02. The molecule has 0 unspecified atom stereocenters. The smallest absolute Gasteiger partial charge is 0.112 e. The lowest BCUT2D eigenvalue weighted by atomic mass is 10.3. The number of imidazole rings is 1. The number of nitrogens with two attached hydrogens (primary N) is 1. The van der Waals surface area contributed by atoms with Gasteiger partial charge in [-0.15, -0.1) is 0 Å². The van der Waals surface area contributed by atoms with Crippen LogP contribution in [0.5, 0.6) is 0 Å². The van der Waals surface area contributed by atoms with E-state index >= 15 is 0 Å². The Labute approximate surface area is 113 Å². The van der Waals surface area contributed by atoms with Gasteiger partial charge in [0, 0.05) is 31.4 Å². The largest absolute Gasteiger partial charge is 0.399 e. The van der Waals surface area contributed by atoms with Gasteiger partial charge in [0.2, 0.25) is 0 Å². The average Bonchev–Trinajstić information content (AvgIpc) is 3.18. The quantitative estimate of drug-likeness (QED) is 0.641. The monoisotopic (exact) mass is 259 g/mol. The fraction of sp³-hybridized carbons (Fsp3) is 0.533. The number of ether oxygens (including phenoxy) is 1. The van der Waals surface area contributed by atoms with Gasteiger partial charge in [-0.1, -0.05) is 0 Å². The molecule has 1 aromatic carbocycles. The van der Waals surface area contributed by atoms with E-state index in [1.54, 1.807) is 0 Å². The van der Waals surface area contributed by atoms with E-state index in [1.165, 1.54) is 24.2 Å². The van der Waals surface area contributed by atoms with E-state index in [4.69, 9.17) is 15.5 Å². The van der Waals surface area contributed by atoms with Crippen molar-refractivity contribution in [1.82, 2.24) is 9.55 Å². The summed E-state index contributed by atoms with van der Waals surface area (Å²) in [5.74, 6) is 1.89. The molecule has 1 aromatic heterocycles. The molecule has 102 valence electrons. The summed E-state index contributed by atoms with van der Waals surface area (Å²) in [7, 11) is 0. The van der Waals surface area contributed by atoms with Crippen LogP contribution < -0.4 is 5.73 Å². The molecule has 4 nitrogen and oxygen atoms in total. The zero-order valence-corrected chi connectivity index (χ0v) is 11.4. The lowest BCUT2D eigenvalue weighted by Crippen LogP contribution is -2.06. The van der Waals surface area contributed by atoms with Crippen LogP contribution in [-0.4, -0.2) is 22.8 Å². The highest BCUT2D eigenvalue weighted by Crippen LogP contribution is 2.40. The Morgan fingerprint density at radius 1 is 1.42 bits per heavy atom. The predicted octanol–water partition coefficient (Wildman–Crippen LogP) is 2.92. The van der Waals surface area contributed by atoms with Crippen molar-refractivity contribution in [1.29, 1.82) is 0 Å². The molecule has 0 aliphatic heterocycles. The van der Waals surface area contributed by atoms with Gasteiger partial charge in [-0.3, -0.25) is 0 Å². The van der Waals surface area contributed by atoms with Crippen molar-refractivity contribution in [2.45, 2.75) is 38.6 Å². The van der Waals surface area contributed by atoms with Crippen molar-refractivity contribution in [3.05, 3.63) is 24.0 Å². The van der Waals surface area contributed by atoms with Crippen LogP contribution in [0.25, 0.3) is 11.0 Å². The Balaban J connectivity index is 1.88. The van der Waals surface area contributed by atoms with Gasteiger partial charge in [0.05, 0.1) is 11.0 Å². The lowest BCUT2D eigenvalue weighted by molar-refractivity contribution is 0.141. The third-order valence-electron chi connectivity index (χ3n) is 3.62. The number of nitrogen functional groups attached to an aromatic ring is 1. The third-order valence-corrected chi connectivity index (χ3v) is 3.62. The number of benzene rings is 1. The van der Waals surface area contributed by atoms with Gasteiger partial charge in [0.15, 0.2) is 0 Å². The SMILES string of the molecule is CCOCCCn1c(C2CC2)nc2cc(N)ccc21. The molecule has 3 rings (SSSR count). The number of anilines is 1. The zero-order chi connectivity index (χ0) is 13.2. The van der Waals surface area contributed by atoms with Crippen LogP contribution in [0.1, 0.15) is 37.9 Å². The Kier molecular flexibility index (Phi) is 3.42. The molecule has 4 heteroatoms. The second-order valence-corrected chi connectivity index (χ2v) is 5.19. The van der Waals surface area contributed by atoms with Crippen LogP contribution in [0.4, 0.5) is 5.69 Å². The van der Waals surface area contributed by atoms with Gasteiger partial charge < -0.3 is 15.0 Å². The van der Waals surface area contributed by atoms with Gasteiger partial charge >= 0.3 is 0 Å². The highest BCUT2D eigenvalue weighted by molar-refractivity contribution is 5.79. The average molecular weight is 259 g/mol. The first-order valence-corrected chi connectivity index (χ1v) is 7.13. The van der Waals surface area contributed by atoms with Crippen LogP contribution in [0, 0.1) is 0 Å². The summed E-state index contributed by atoms with van der Waals surface area (Å²) < 4.78 is 7.78. The molecule has 1 fully saturated rings. The van der Waals surface area contributed by atoms with Crippen molar-refractivity contribution >= 4 is 16.7 Å². The maximum Gasteiger partial charge on any atom is 0.112 e. The summed E-state index contributed by atoms with van der Waals surface area (Å²) >= 11 is 0. The number of hydrogen-bond donors (Lipinski definition) is 1. The van der Waals surface area contributed by atoms with Crippen LogP contribution >= 0.6 is 0 Å². The maximum atomic E-state index is 5.85. The number of aromatic nitrogens is 2. The highest BCUT2D eigenvalue weighted by Gasteiger charge is 2.29. The summed E-state index contributed by atoms with van der Waals surface area (Å²) in [5, 5.41) is 0. The molecule has 2 N–H and O–H groups in total. The molecular weight excluding hydrogens is 238 g/mol. The number of fused-ring (bicyclic) bond motifs is 1. The third kappa shape index (κ3) is 2.59. The molecule has 1 aliphatic rings. The highest BCUT2D eigenvalue weighted by atomic mass is 16.5. The Morgan fingerprint density at radius 3 is 3.00 bits per heavy atom. The van der Waals surface area contributed by atoms with Gasteiger partial charge in [0.1, 0.15) is 5.82 Å². The number of aryl methyl sites for hydroxylation is 1. The molecule has 0 bridgehead atoms. The van der Waals surface area contributed by atoms with Crippen LogP contribution in [-0.2, 0) is 11.3 Å². The molecular formula is C15H21N3O. The Morgan fingerprint density at radius 2 is 2.26 bits per heavy atom. The molecule has 0 spiro atoms. The standard InChI is InChI=1S/C15H21N3O/c1-2-19-9-3-8-18-14-7-6-12(16)10-13(14)17-15(18)11-4-5-11/h6-7,10-11H,2-5,8-9,16H2,1H3. The summed E-state index contributed by atoms with van der Waals surface area (Å²) in [6.45, 7) is 4.61. The van der Waals surface area contributed by atoms with Gasteiger partial charge in [-0.2, -0.15) is 0 Å². The zero-order valence-electron chi connectivity index (χ0n) is 11.4. The van der Waals surface area contributed by atoms with Gasteiger partial charge in [-0.05, 0) is 44.4 Å². The van der Waals surface area contributed by atoms with Gasteiger partial charge in [-0.25, -0.2) is 4.98 Å². The topological polar surface area (TPSA) is 53.1 Å². The van der Waals surface area contributed by atoms with Crippen molar-refractivity contribution in [3.63, 3.8) is 0 Å². The van der Waals surface area contributed by atoms with E-state index in [-0.39, 0.29) is 0 Å². The van der Waals surface area contributed by atoms with E-state index in [0.29, 0.717) is 5.92 Å². The molecule has 2 aromatic rings. The predicted molar refractivity (Wildman–Crippen MR) is 77.2 cm³/mol.